The van der Waals surface area contributed by atoms with E-state index in [0.717, 1.165) is 11.4 Å². The first-order chi connectivity index (χ1) is 9.61. The fraction of sp³-hybridized carbons (Fsp3) is 0.462. The van der Waals surface area contributed by atoms with Crippen LogP contribution in [0.3, 0.4) is 0 Å². The summed E-state index contributed by atoms with van der Waals surface area (Å²) in [5, 5.41) is 10.0. The van der Waals surface area contributed by atoms with Gasteiger partial charge in [0.15, 0.2) is 0 Å². The maximum Gasteiger partial charge on any atom is 0.241 e. The van der Waals surface area contributed by atoms with Crippen molar-refractivity contribution in [3.63, 3.8) is 0 Å². The minimum atomic E-state index is -0.382. The Morgan fingerprint density at radius 3 is 2.64 bits per heavy atom. The van der Waals surface area contributed by atoms with E-state index in [1.54, 1.807) is 24.1 Å². The number of likely N-dealkylation sites (N-methyl/N-ethyl adjacent to an activating group) is 1. The van der Waals surface area contributed by atoms with Gasteiger partial charge in [-0.2, -0.15) is 5.10 Å². The molecule has 0 aliphatic heterocycles. The molecule has 0 saturated carbocycles. The normalized spacial score (nSPS) is 11.2. The molecule has 2 rings (SSSR count). The van der Waals surface area contributed by atoms with E-state index in [9.17, 15) is 4.79 Å². The van der Waals surface area contributed by atoms with Gasteiger partial charge in [-0.3, -0.25) is 9.48 Å². The molecule has 7 nitrogen and oxygen atoms in total. The van der Waals surface area contributed by atoms with Gasteiger partial charge in [0.05, 0.1) is 6.20 Å². The Hall–Kier alpha value is -1.57. The fourth-order valence-electron chi connectivity index (χ4n) is 2.08. The van der Waals surface area contributed by atoms with Crippen molar-refractivity contribution in [3.05, 3.63) is 36.2 Å². The second kappa shape index (κ2) is 9.45. The molecule has 2 N–H and O–H groups in total. The minimum Gasteiger partial charge on any atom is -0.353 e. The van der Waals surface area contributed by atoms with Gasteiger partial charge in [-0.05, 0) is 14.0 Å². The lowest BCUT2D eigenvalue weighted by Crippen LogP contribution is -2.37. The van der Waals surface area contributed by atoms with Crippen LogP contribution >= 0.6 is 24.8 Å². The Balaban J connectivity index is 0.00000220. The first-order valence-corrected chi connectivity index (χ1v) is 6.53. The maximum atomic E-state index is 12.2. The summed E-state index contributed by atoms with van der Waals surface area (Å²) in [6.07, 6.45) is 7.18. The molecule has 2 heterocycles. The van der Waals surface area contributed by atoms with E-state index in [-0.39, 0.29) is 36.8 Å². The zero-order valence-electron chi connectivity index (χ0n) is 12.8. The molecule has 0 spiro atoms. The summed E-state index contributed by atoms with van der Waals surface area (Å²) in [7, 11) is 3.59. The third kappa shape index (κ3) is 5.01. The molecule has 0 radical (unpaired) electrons. The van der Waals surface area contributed by atoms with Crippen molar-refractivity contribution < 1.29 is 4.79 Å². The number of amides is 1. The fourth-order valence-corrected chi connectivity index (χ4v) is 2.08. The van der Waals surface area contributed by atoms with E-state index in [0.29, 0.717) is 13.1 Å². The zero-order valence-corrected chi connectivity index (χ0v) is 14.4. The SMILES string of the molecule is CNC(C(=O)NCCn1ccnc1C)c1cnn(C)c1.Cl.Cl. The summed E-state index contributed by atoms with van der Waals surface area (Å²) in [4.78, 5) is 16.3. The van der Waals surface area contributed by atoms with Crippen LogP contribution in [0.4, 0.5) is 0 Å². The monoisotopic (exact) mass is 348 g/mol. The first kappa shape index (κ1) is 20.4. The van der Waals surface area contributed by atoms with Gasteiger partial charge in [0.2, 0.25) is 5.91 Å². The summed E-state index contributed by atoms with van der Waals surface area (Å²) in [5.41, 5.74) is 0.853. The Labute approximate surface area is 142 Å². The van der Waals surface area contributed by atoms with Crippen LogP contribution in [0.25, 0.3) is 0 Å². The quantitative estimate of drug-likeness (QED) is 0.811. The van der Waals surface area contributed by atoms with Gasteiger partial charge in [-0.15, -0.1) is 24.8 Å². The number of imidazole rings is 1. The number of nitrogens with zero attached hydrogens (tertiary/aromatic N) is 4. The van der Waals surface area contributed by atoms with Crippen LogP contribution in [0.15, 0.2) is 24.8 Å². The maximum absolute atomic E-state index is 12.2. The Kier molecular flexibility index (Phi) is 8.77. The van der Waals surface area contributed by atoms with Crippen LogP contribution in [-0.2, 0) is 18.4 Å². The van der Waals surface area contributed by atoms with Crippen molar-refractivity contribution in [3.8, 4) is 0 Å². The number of halogens is 2. The highest BCUT2D eigenvalue weighted by molar-refractivity contribution is 5.85. The molecule has 0 aliphatic carbocycles. The number of rotatable bonds is 6. The molecule has 1 amide bonds. The molecule has 0 fully saturated rings. The van der Waals surface area contributed by atoms with Crippen LogP contribution < -0.4 is 10.6 Å². The molecule has 22 heavy (non-hydrogen) atoms. The summed E-state index contributed by atoms with van der Waals surface area (Å²) in [6.45, 7) is 3.21. The van der Waals surface area contributed by atoms with Crippen molar-refractivity contribution in [1.82, 2.24) is 30.0 Å². The number of carbonyl (C=O) groups excluding carboxylic acids is 1. The van der Waals surface area contributed by atoms with Crippen molar-refractivity contribution in [2.45, 2.75) is 19.5 Å². The van der Waals surface area contributed by atoms with E-state index in [1.165, 1.54) is 0 Å². The third-order valence-corrected chi connectivity index (χ3v) is 3.18. The molecular weight excluding hydrogens is 327 g/mol. The summed E-state index contributed by atoms with van der Waals surface area (Å²) in [5.74, 6) is 0.884. The van der Waals surface area contributed by atoms with Gasteiger partial charge in [-0.1, -0.05) is 0 Å². The molecule has 0 bridgehead atoms. The summed E-state index contributed by atoms with van der Waals surface area (Å²) in [6, 6.07) is -0.382. The standard InChI is InChI=1S/C13H20N6O.2ClH/c1-10-15-4-6-19(10)7-5-16-13(20)12(14-2)11-8-17-18(3)9-11;;/h4,6,8-9,12,14H,5,7H2,1-3H3,(H,16,20);2*1H. The lowest BCUT2D eigenvalue weighted by Gasteiger charge is -2.15. The van der Waals surface area contributed by atoms with Gasteiger partial charge in [0.25, 0.3) is 0 Å². The minimum absolute atomic E-state index is 0. The average molecular weight is 349 g/mol. The first-order valence-electron chi connectivity index (χ1n) is 6.53. The third-order valence-electron chi connectivity index (χ3n) is 3.18. The van der Waals surface area contributed by atoms with Crippen molar-refractivity contribution in [1.29, 1.82) is 0 Å². The molecule has 0 saturated heterocycles. The highest BCUT2D eigenvalue weighted by atomic mass is 35.5. The van der Waals surface area contributed by atoms with Gasteiger partial charge in [0, 0.05) is 44.3 Å². The molecule has 1 unspecified atom stereocenters. The Bertz CT molecular complexity index is 583. The van der Waals surface area contributed by atoms with Gasteiger partial charge >= 0.3 is 0 Å². The molecule has 1 atom stereocenters. The average Bonchev–Trinajstić information content (AvgIpc) is 3.00. The topological polar surface area (TPSA) is 76.8 Å². The molecule has 2 aromatic rings. The summed E-state index contributed by atoms with van der Waals surface area (Å²) >= 11 is 0. The zero-order chi connectivity index (χ0) is 14.5. The smallest absolute Gasteiger partial charge is 0.241 e. The van der Waals surface area contributed by atoms with Crippen LogP contribution in [0, 0.1) is 6.92 Å². The number of aryl methyl sites for hydroxylation is 2. The number of carbonyl (C=O) groups is 1. The van der Waals surface area contributed by atoms with E-state index in [1.807, 2.05) is 30.9 Å². The molecule has 2 aromatic heterocycles. The molecule has 9 heteroatoms. The number of nitrogens with one attached hydrogen (secondary N) is 2. The van der Waals surface area contributed by atoms with Crippen molar-refractivity contribution in [2.75, 3.05) is 13.6 Å². The lowest BCUT2D eigenvalue weighted by atomic mass is 10.1. The van der Waals surface area contributed by atoms with Gasteiger partial charge in [-0.25, -0.2) is 4.98 Å². The molecular formula is C13H22Cl2N6O. The highest BCUT2D eigenvalue weighted by Gasteiger charge is 2.19. The molecule has 0 aromatic carbocycles. The largest absolute Gasteiger partial charge is 0.353 e. The van der Waals surface area contributed by atoms with Gasteiger partial charge in [0.1, 0.15) is 11.9 Å². The van der Waals surface area contributed by atoms with Crippen molar-refractivity contribution in [2.24, 2.45) is 7.05 Å². The number of hydrogen-bond donors (Lipinski definition) is 2. The Morgan fingerprint density at radius 2 is 2.14 bits per heavy atom. The second-order valence-corrected chi connectivity index (χ2v) is 4.63. The van der Waals surface area contributed by atoms with E-state index >= 15 is 0 Å². The lowest BCUT2D eigenvalue weighted by molar-refractivity contribution is -0.123. The number of hydrogen-bond acceptors (Lipinski definition) is 4. The van der Waals surface area contributed by atoms with E-state index in [2.05, 4.69) is 20.7 Å². The number of aromatic nitrogens is 4. The van der Waals surface area contributed by atoms with Crippen molar-refractivity contribution >= 4 is 30.7 Å². The van der Waals surface area contributed by atoms with Crippen LogP contribution in [0.5, 0.6) is 0 Å². The predicted octanol–water partition coefficient (Wildman–Crippen LogP) is 0.846. The van der Waals surface area contributed by atoms with Crippen LogP contribution in [0.1, 0.15) is 17.4 Å². The van der Waals surface area contributed by atoms with Crippen LogP contribution in [0.2, 0.25) is 0 Å². The van der Waals surface area contributed by atoms with Gasteiger partial charge < -0.3 is 15.2 Å². The molecule has 124 valence electrons. The molecule has 0 aliphatic rings. The highest BCUT2D eigenvalue weighted by Crippen LogP contribution is 2.10. The van der Waals surface area contributed by atoms with Crippen LogP contribution in [-0.4, -0.2) is 38.8 Å². The Morgan fingerprint density at radius 1 is 1.41 bits per heavy atom. The predicted molar refractivity (Wildman–Crippen MR) is 89.5 cm³/mol. The van der Waals surface area contributed by atoms with E-state index in [4.69, 9.17) is 0 Å². The van der Waals surface area contributed by atoms with E-state index < -0.39 is 0 Å². The summed E-state index contributed by atoms with van der Waals surface area (Å²) < 4.78 is 3.68. The second-order valence-electron chi connectivity index (χ2n) is 4.63.